The standard InChI is InChI=1S/C20H15NO3S.C14H10ClNO3S.C6H7BO2/c1-21-18-10-6-5-9-16(18)20(22)17-12-11-15(13-19(17)25(21,23)24)14-7-3-2-4-8-14;1-16-12-5-3-2-4-10(12)14(17)11-7-6-9(15)8-13(11)20(16,18)19;8-7(9)6-4-2-1-3-5-6/h2-13H,1H3;2-8H,1H3;1-5,8-9H. The molecule has 2 aliphatic heterocycles. The Hall–Kier alpha value is -5.57. The van der Waals surface area contributed by atoms with Crippen molar-refractivity contribution in [2.24, 2.45) is 0 Å². The van der Waals surface area contributed by atoms with Crippen LogP contribution in [0.2, 0.25) is 5.02 Å². The molecule has 0 bridgehead atoms. The van der Waals surface area contributed by atoms with Gasteiger partial charge in [-0.05, 0) is 71.2 Å². The number of para-hydroxylation sites is 2. The van der Waals surface area contributed by atoms with E-state index in [9.17, 15) is 26.4 Å². The topological polar surface area (TPSA) is 149 Å². The summed E-state index contributed by atoms with van der Waals surface area (Å²) in [6.45, 7) is 0. The average Bonchev–Trinajstić information content (AvgIpc) is 3.30. The first-order chi connectivity index (χ1) is 25.7. The van der Waals surface area contributed by atoms with Gasteiger partial charge in [-0.3, -0.25) is 18.2 Å². The summed E-state index contributed by atoms with van der Waals surface area (Å²) in [5, 5.41) is 17.4. The van der Waals surface area contributed by atoms with Crippen LogP contribution >= 0.6 is 11.6 Å². The molecule has 0 amide bonds. The number of hydrogen-bond acceptors (Lipinski definition) is 8. The van der Waals surface area contributed by atoms with Gasteiger partial charge in [-0.1, -0.05) is 103 Å². The SMILES string of the molecule is CN1c2ccccc2C(=O)c2ccc(-c3ccccc3)cc2S1(=O)=O.CN1c2ccccc2C(=O)c2ccc(Cl)cc2S1(=O)=O.OB(O)c1ccccc1. The number of nitrogens with zero attached hydrogens (tertiary/aromatic N) is 2. The van der Waals surface area contributed by atoms with E-state index < -0.39 is 27.2 Å². The van der Waals surface area contributed by atoms with E-state index >= 15 is 0 Å². The molecule has 0 aliphatic carbocycles. The van der Waals surface area contributed by atoms with Crippen LogP contribution in [0.3, 0.4) is 0 Å². The summed E-state index contributed by atoms with van der Waals surface area (Å²) in [5.74, 6) is -0.599. The largest absolute Gasteiger partial charge is 0.488 e. The van der Waals surface area contributed by atoms with Crippen LogP contribution < -0.4 is 14.1 Å². The summed E-state index contributed by atoms with van der Waals surface area (Å²) in [6, 6.07) is 40.8. The van der Waals surface area contributed by atoms with Crippen LogP contribution in [0, 0.1) is 0 Å². The molecule has 10 nitrogen and oxygen atoms in total. The third kappa shape index (κ3) is 7.32. The van der Waals surface area contributed by atoms with Crippen molar-refractivity contribution >= 4 is 67.2 Å². The van der Waals surface area contributed by atoms with Gasteiger partial charge >= 0.3 is 7.12 Å². The monoisotopic (exact) mass is 778 g/mol. The predicted molar refractivity (Wildman–Crippen MR) is 211 cm³/mol. The van der Waals surface area contributed by atoms with Crippen molar-refractivity contribution < 1.29 is 36.5 Å². The number of halogens is 1. The first kappa shape index (κ1) is 38.2. The molecule has 0 saturated heterocycles. The van der Waals surface area contributed by atoms with Gasteiger partial charge in [-0.15, -0.1) is 0 Å². The molecular weight excluding hydrogens is 747 g/mol. The van der Waals surface area contributed by atoms with Gasteiger partial charge in [0.2, 0.25) is 0 Å². The molecule has 2 heterocycles. The number of hydrogen-bond donors (Lipinski definition) is 2. The highest BCUT2D eigenvalue weighted by molar-refractivity contribution is 7.93. The van der Waals surface area contributed by atoms with Gasteiger partial charge in [0.1, 0.15) is 4.90 Å². The molecule has 8 rings (SSSR count). The maximum Gasteiger partial charge on any atom is 0.488 e. The number of rotatable bonds is 2. The first-order valence-electron chi connectivity index (χ1n) is 16.4. The van der Waals surface area contributed by atoms with Crippen LogP contribution in [-0.4, -0.2) is 59.7 Å². The number of carbonyl (C=O) groups excluding carboxylic acids is 2. The third-order valence-corrected chi connectivity index (χ3v) is 12.7. The minimum absolute atomic E-state index is 0.0394. The summed E-state index contributed by atoms with van der Waals surface area (Å²) in [4.78, 5) is 25.4. The molecule has 272 valence electrons. The van der Waals surface area contributed by atoms with Gasteiger partial charge in [0.15, 0.2) is 11.6 Å². The van der Waals surface area contributed by atoms with Crippen molar-refractivity contribution in [1.82, 2.24) is 0 Å². The van der Waals surface area contributed by atoms with E-state index in [2.05, 4.69) is 0 Å². The lowest BCUT2D eigenvalue weighted by atomic mass is 9.81. The van der Waals surface area contributed by atoms with Crippen molar-refractivity contribution in [1.29, 1.82) is 0 Å². The van der Waals surface area contributed by atoms with E-state index in [1.54, 1.807) is 91.0 Å². The lowest BCUT2D eigenvalue weighted by molar-refractivity contribution is 0.102. The molecule has 0 aromatic heterocycles. The number of anilines is 2. The summed E-state index contributed by atoms with van der Waals surface area (Å²) in [5.41, 5.74) is 4.04. The third-order valence-electron chi connectivity index (χ3n) is 8.87. The van der Waals surface area contributed by atoms with Crippen LogP contribution in [-0.2, 0) is 20.0 Å². The van der Waals surface area contributed by atoms with Gasteiger partial charge in [-0.25, -0.2) is 16.8 Å². The lowest BCUT2D eigenvalue weighted by Crippen LogP contribution is -2.29. The quantitative estimate of drug-likeness (QED) is 0.210. The molecule has 6 aromatic rings. The zero-order chi connectivity index (χ0) is 38.8. The maximum atomic E-state index is 13.1. The molecule has 0 spiro atoms. The first-order valence-corrected chi connectivity index (χ1v) is 19.6. The Morgan fingerprint density at radius 1 is 0.500 bits per heavy atom. The molecule has 6 aromatic carbocycles. The van der Waals surface area contributed by atoms with Crippen molar-refractivity contribution in [2.45, 2.75) is 9.79 Å². The van der Waals surface area contributed by atoms with Crippen LogP contribution in [0.15, 0.2) is 155 Å². The molecule has 0 saturated carbocycles. The highest BCUT2D eigenvalue weighted by Crippen LogP contribution is 2.37. The Labute approximate surface area is 318 Å². The fourth-order valence-corrected chi connectivity index (χ4v) is 9.07. The highest BCUT2D eigenvalue weighted by atomic mass is 35.5. The van der Waals surface area contributed by atoms with Crippen LogP contribution in [0.5, 0.6) is 0 Å². The minimum Gasteiger partial charge on any atom is -0.423 e. The Bertz CT molecular complexity index is 2610. The predicted octanol–water partition coefficient (Wildman–Crippen LogP) is 5.80. The summed E-state index contributed by atoms with van der Waals surface area (Å²) in [6.07, 6.45) is 0. The van der Waals surface area contributed by atoms with Crippen LogP contribution in [0.1, 0.15) is 31.8 Å². The van der Waals surface area contributed by atoms with E-state index in [1.807, 2.05) is 36.4 Å². The van der Waals surface area contributed by atoms with Crippen molar-refractivity contribution in [3.05, 3.63) is 173 Å². The Morgan fingerprint density at radius 2 is 0.926 bits per heavy atom. The molecule has 0 fully saturated rings. The normalized spacial score (nSPS) is 14.6. The Morgan fingerprint density at radius 3 is 1.41 bits per heavy atom. The fraction of sp³-hybridized carbons (Fsp3) is 0.0500. The van der Waals surface area contributed by atoms with E-state index in [0.29, 0.717) is 28.0 Å². The van der Waals surface area contributed by atoms with E-state index in [1.165, 1.54) is 36.6 Å². The van der Waals surface area contributed by atoms with E-state index in [4.69, 9.17) is 21.6 Å². The second-order valence-corrected chi connectivity index (χ2v) is 16.5. The number of ketones is 2. The van der Waals surface area contributed by atoms with Crippen molar-refractivity contribution in [2.75, 3.05) is 22.7 Å². The van der Waals surface area contributed by atoms with Gasteiger partial charge in [0.25, 0.3) is 20.0 Å². The lowest BCUT2D eigenvalue weighted by Gasteiger charge is -2.19. The van der Waals surface area contributed by atoms with Crippen molar-refractivity contribution in [3.8, 4) is 11.1 Å². The number of sulfonamides is 2. The molecule has 0 unspecified atom stereocenters. The van der Waals surface area contributed by atoms with E-state index in [0.717, 1.165) is 15.4 Å². The van der Waals surface area contributed by atoms with Gasteiger partial charge in [0, 0.05) is 41.4 Å². The number of fused-ring (bicyclic) bond motifs is 4. The molecule has 54 heavy (non-hydrogen) atoms. The van der Waals surface area contributed by atoms with E-state index in [-0.39, 0.29) is 37.5 Å². The zero-order valence-corrected chi connectivity index (χ0v) is 31.3. The summed E-state index contributed by atoms with van der Waals surface area (Å²) < 4.78 is 53.7. The summed E-state index contributed by atoms with van der Waals surface area (Å²) >= 11 is 5.87. The number of carbonyl (C=O) groups is 2. The zero-order valence-electron chi connectivity index (χ0n) is 28.9. The van der Waals surface area contributed by atoms with Crippen LogP contribution in [0.25, 0.3) is 11.1 Å². The van der Waals surface area contributed by atoms with Gasteiger partial charge < -0.3 is 10.0 Å². The molecule has 0 atom stereocenters. The Kier molecular flexibility index (Phi) is 10.9. The average molecular weight is 779 g/mol. The second-order valence-electron chi connectivity index (χ2n) is 12.1. The highest BCUT2D eigenvalue weighted by Gasteiger charge is 2.35. The molecule has 14 heteroatoms. The minimum atomic E-state index is -3.82. The number of benzene rings is 6. The fourth-order valence-electron chi connectivity index (χ4n) is 5.98. The Balaban J connectivity index is 0.000000153. The smallest absolute Gasteiger partial charge is 0.423 e. The van der Waals surface area contributed by atoms with Crippen LogP contribution in [0.4, 0.5) is 11.4 Å². The molecule has 2 N–H and O–H groups in total. The van der Waals surface area contributed by atoms with Crippen molar-refractivity contribution in [3.63, 3.8) is 0 Å². The molecule has 2 aliphatic rings. The maximum absolute atomic E-state index is 13.1. The van der Waals surface area contributed by atoms with Gasteiger partial charge in [0.05, 0.1) is 16.3 Å². The van der Waals surface area contributed by atoms with Gasteiger partial charge in [-0.2, -0.15) is 0 Å². The second kappa shape index (κ2) is 15.4. The summed E-state index contributed by atoms with van der Waals surface area (Å²) in [7, 11) is -6.06. The molecule has 0 radical (unpaired) electrons. The molecular formula is C40H32BClN2O8S2.